The van der Waals surface area contributed by atoms with E-state index in [1.165, 1.54) is 5.01 Å². The molecule has 2 heterocycles. The quantitative estimate of drug-likeness (QED) is 0.146. The Balaban J connectivity index is 1.81. The second-order valence-electron chi connectivity index (χ2n) is 6.79. The topological polar surface area (TPSA) is 146 Å². The molecular weight excluding hydrogens is 480 g/mol. The zero-order valence-corrected chi connectivity index (χ0v) is 19.4. The van der Waals surface area contributed by atoms with Crippen LogP contribution in [-0.2, 0) is 11.3 Å². The van der Waals surface area contributed by atoms with Gasteiger partial charge < -0.3 is 15.3 Å². The van der Waals surface area contributed by atoms with E-state index in [9.17, 15) is 4.79 Å². The van der Waals surface area contributed by atoms with Gasteiger partial charge >= 0.3 is 12.1 Å². The van der Waals surface area contributed by atoms with Gasteiger partial charge in [-0.3, -0.25) is 10.3 Å². The number of amides is 1. The molecule has 0 saturated carbocycles. The summed E-state index contributed by atoms with van der Waals surface area (Å²) in [5, 5.41) is 7.65. The summed E-state index contributed by atoms with van der Waals surface area (Å²) in [7, 11) is 1.61. The monoisotopic (exact) mass is 504 g/mol. The van der Waals surface area contributed by atoms with Gasteiger partial charge in [0.2, 0.25) is 5.96 Å². The summed E-state index contributed by atoms with van der Waals surface area (Å²) in [4.78, 5) is 20.8. The number of rotatable bonds is 7. The van der Waals surface area contributed by atoms with Crippen LogP contribution in [0.1, 0.15) is 25.5 Å². The summed E-state index contributed by atoms with van der Waals surface area (Å²) in [6.45, 7) is 2.46. The summed E-state index contributed by atoms with van der Waals surface area (Å²) in [5.74, 6) is 12.1. The maximum Gasteiger partial charge on any atom is 0.412 e. The number of ether oxygens (including phenoxy) is 2. The normalized spacial score (nSPS) is 11.4. The predicted molar refractivity (Wildman–Crippen MR) is 125 cm³/mol. The average molecular weight is 505 g/mol. The lowest BCUT2D eigenvalue weighted by Gasteiger charge is -2.17. The van der Waals surface area contributed by atoms with E-state index in [1.807, 2.05) is 25.1 Å². The van der Waals surface area contributed by atoms with Gasteiger partial charge in [-0.2, -0.15) is 4.98 Å². The van der Waals surface area contributed by atoms with Crippen LogP contribution in [0.2, 0.25) is 0 Å². The number of aromatic nitrogens is 3. The molecule has 11 nitrogen and oxygen atoms in total. The van der Waals surface area contributed by atoms with Gasteiger partial charge in [0.15, 0.2) is 0 Å². The van der Waals surface area contributed by atoms with E-state index >= 15 is 0 Å². The molecule has 2 aromatic heterocycles. The first-order valence-electron chi connectivity index (χ1n) is 9.90. The van der Waals surface area contributed by atoms with Crippen molar-refractivity contribution < 1.29 is 14.3 Å². The molecule has 0 atom stereocenters. The number of fused-ring (bicyclic) bond motifs is 1. The van der Waals surface area contributed by atoms with Crippen molar-refractivity contribution in [3.8, 4) is 6.01 Å². The molecule has 3 aromatic rings. The Labute approximate surface area is 193 Å². The van der Waals surface area contributed by atoms with Crippen LogP contribution >= 0.6 is 15.9 Å². The minimum absolute atomic E-state index is 0.0769. The van der Waals surface area contributed by atoms with Crippen LogP contribution in [0, 0.1) is 0 Å². The van der Waals surface area contributed by atoms with Gasteiger partial charge in [0.1, 0.15) is 17.9 Å². The number of halogens is 1. The number of unbranched alkanes of at least 4 members (excludes halogenated alkanes) is 1. The highest BCUT2D eigenvalue weighted by Gasteiger charge is 2.20. The van der Waals surface area contributed by atoms with Crippen molar-refractivity contribution in [3.05, 3.63) is 46.6 Å². The Hall–Kier alpha value is -3.38. The number of hydrogen-bond acceptors (Lipinski definition) is 8. The molecule has 32 heavy (non-hydrogen) atoms. The third-order valence-corrected chi connectivity index (χ3v) is 4.99. The summed E-state index contributed by atoms with van der Waals surface area (Å²) < 4.78 is 13.4. The minimum Gasteiger partial charge on any atom is -0.458 e. The van der Waals surface area contributed by atoms with Crippen LogP contribution in [-0.4, -0.2) is 45.3 Å². The van der Waals surface area contributed by atoms with E-state index in [0.717, 1.165) is 17.3 Å². The molecule has 0 aliphatic heterocycles. The summed E-state index contributed by atoms with van der Waals surface area (Å²) in [5.41, 5.74) is 1.93. The van der Waals surface area contributed by atoms with Crippen LogP contribution < -0.4 is 21.7 Å². The number of pyridine rings is 1. The fourth-order valence-electron chi connectivity index (χ4n) is 2.86. The van der Waals surface area contributed by atoms with E-state index in [4.69, 9.17) is 21.2 Å². The number of imidazole rings is 1. The minimum atomic E-state index is -0.551. The highest BCUT2D eigenvalue weighted by Crippen LogP contribution is 2.28. The molecule has 1 amide bonds. The number of hydrazine groups is 1. The van der Waals surface area contributed by atoms with Gasteiger partial charge in [-0.15, -0.1) is 5.10 Å². The first-order chi connectivity index (χ1) is 15.4. The molecule has 0 saturated heterocycles. The van der Waals surface area contributed by atoms with Gasteiger partial charge in [-0.1, -0.05) is 25.5 Å². The number of hydrogen-bond donors (Lipinski definition) is 3. The molecule has 1 aromatic carbocycles. The third-order valence-electron chi connectivity index (χ3n) is 4.35. The Kier molecular flexibility index (Phi) is 7.84. The van der Waals surface area contributed by atoms with Crippen molar-refractivity contribution in [1.29, 1.82) is 0 Å². The lowest BCUT2D eigenvalue weighted by Crippen LogP contribution is -2.39. The molecule has 5 N–H and O–H groups in total. The largest absolute Gasteiger partial charge is 0.458 e. The van der Waals surface area contributed by atoms with Crippen LogP contribution in [0.3, 0.4) is 0 Å². The van der Waals surface area contributed by atoms with Crippen LogP contribution in [0.25, 0.3) is 11.0 Å². The number of anilines is 1. The molecule has 0 unspecified atom stereocenters. The number of carbonyl (C=O) groups excluding carboxylic acids is 1. The Bertz CT molecular complexity index is 1120. The first-order valence-corrected chi connectivity index (χ1v) is 10.7. The first kappa shape index (κ1) is 23.3. The number of nitrogens with one attached hydrogen (secondary N) is 1. The van der Waals surface area contributed by atoms with E-state index in [2.05, 4.69) is 36.3 Å². The van der Waals surface area contributed by atoms with Gasteiger partial charge in [0.05, 0.1) is 17.8 Å². The SMILES string of the molecule is CCCCOC(=O)Nc1cccc(COc2nc3c(Br)cccc3n2/C(=N/N)N(C)N)n1. The average Bonchev–Trinajstić information content (AvgIpc) is 3.13. The number of nitrogens with zero attached hydrogens (tertiary/aromatic N) is 5. The third kappa shape index (κ3) is 5.45. The second kappa shape index (κ2) is 10.8. The summed E-state index contributed by atoms with van der Waals surface area (Å²) in [6, 6.07) is 11.0. The highest BCUT2D eigenvalue weighted by molar-refractivity contribution is 9.10. The van der Waals surface area contributed by atoms with Crippen molar-refractivity contribution in [2.24, 2.45) is 16.8 Å². The number of hydrazone groups is 1. The highest BCUT2D eigenvalue weighted by atomic mass is 79.9. The number of nitrogens with two attached hydrogens (primary N) is 2. The maximum atomic E-state index is 11.9. The van der Waals surface area contributed by atoms with E-state index in [-0.39, 0.29) is 18.6 Å². The zero-order chi connectivity index (χ0) is 23.1. The van der Waals surface area contributed by atoms with Gasteiger partial charge in [-0.25, -0.2) is 20.2 Å². The Morgan fingerprint density at radius 2 is 2.06 bits per heavy atom. The van der Waals surface area contributed by atoms with Crippen LogP contribution in [0.5, 0.6) is 6.01 Å². The predicted octanol–water partition coefficient (Wildman–Crippen LogP) is 3.00. The molecule has 0 spiro atoms. The van der Waals surface area contributed by atoms with Crippen LogP contribution in [0.4, 0.5) is 10.6 Å². The zero-order valence-electron chi connectivity index (χ0n) is 17.8. The fourth-order valence-corrected chi connectivity index (χ4v) is 3.30. The van der Waals surface area contributed by atoms with E-state index < -0.39 is 6.09 Å². The van der Waals surface area contributed by atoms with Gasteiger partial charge in [0.25, 0.3) is 0 Å². The number of carbonyl (C=O) groups is 1. The van der Waals surface area contributed by atoms with Crippen molar-refractivity contribution in [2.75, 3.05) is 19.0 Å². The molecule has 170 valence electrons. The number of benzene rings is 1. The summed E-state index contributed by atoms with van der Waals surface area (Å²) >= 11 is 3.49. The molecular formula is C20H25BrN8O3. The molecule has 3 rings (SSSR count). The molecule has 12 heteroatoms. The van der Waals surface area contributed by atoms with Gasteiger partial charge in [0, 0.05) is 11.5 Å². The maximum absolute atomic E-state index is 11.9. The van der Waals surface area contributed by atoms with Crippen molar-refractivity contribution in [1.82, 2.24) is 19.5 Å². The lowest BCUT2D eigenvalue weighted by molar-refractivity contribution is 0.159. The molecule has 0 fully saturated rings. The molecule has 0 bridgehead atoms. The van der Waals surface area contributed by atoms with E-state index in [0.29, 0.717) is 29.2 Å². The van der Waals surface area contributed by atoms with Crippen LogP contribution in [0.15, 0.2) is 46.0 Å². The molecule has 0 radical (unpaired) electrons. The fraction of sp³-hybridized carbons (Fsp3) is 0.300. The lowest BCUT2D eigenvalue weighted by atomic mass is 10.3. The smallest absolute Gasteiger partial charge is 0.412 e. The van der Waals surface area contributed by atoms with Gasteiger partial charge in [-0.05, 0) is 46.6 Å². The Morgan fingerprint density at radius 1 is 1.28 bits per heavy atom. The van der Waals surface area contributed by atoms with Crippen molar-refractivity contribution >= 4 is 44.8 Å². The van der Waals surface area contributed by atoms with Crippen molar-refractivity contribution in [2.45, 2.75) is 26.4 Å². The van der Waals surface area contributed by atoms with E-state index in [1.54, 1.807) is 29.8 Å². The van der Waals surface area contributed by atoms with Crippen molar-refractivity contribution in [3.63, 3.8) is 0 Å². The standard InChI is InChI=1S/C20H25BrN8O3/c1-3-4-11-31-20(30)25-16-10-5-7-13(24-16)12-32-19-26-17-14(21)8-6-9-15(17)29(19)18(27-22)28(2)23/h5-10H,3-4,11-12,22-23H2,1-2H3,(H,24,25,30)/b27-18+. The number of para-hydroxylation sites is 1. The summed E-state index contributed by atoms with van der Waals surface area (Å²) in [6.07, 6.45) is 1.19. The molecule has 0 aliphatic carbocycles. The molecule has 0 aliphatic rings. The Morgan fingerprint density at radius 3 is 2.78 bits per heavy atom. The second-order valence-corrected chi connectivity index (χ2v) is 7.65.